The van der Waals surface area contributed by atoms with Crippen LogP contribution in [0.5, 0.6) is 5.75 Å². The lowest BCUT2D eigenvalue weighted by Gasteiger charge is -2.16. The topological polar surface area (TPSA) is 45.0 Å². The third-order valence-electron chi connectivity index (χ3n) is 2.89. The van der Waals surface area contributed by atoms with E-state index in [1.807, 2.05) is 30.3 Å². The number of hydrogen-bond acceptors (Lipinski definition) is 3. The molecular weight excluding hydrogens is 363 g/mol. The van der Waals surface area contributed by atoms with Crippen LogP contribution in [0.3, 0.4) is 0 Å². The fourth-order valence-corrected chi connectivity index (χ4v) is 2.24. The van der Waals surface area contributed by atoms with Gasteiger partial charge in [-0.25, -0.2) is 0 Å². The quantitative estimate of drug-likeness (QED) is 0.787. The molecule has 0 fully saturated rings. The molecule has 0 aromatic heterocycles. The predicted molar refractivity (Wildman–Crippen MR) is 88.7 cm³/mol. The highest BCUT2D eigenvalue weighted by Gasteiger charge is 2.05. The summed E-state index contributed by atoms with van der Waals surface area (Å²) in [6.45, 7) is 2.18. The second-order valence-corrected chi connectivity index (χ2v) is 5.64. The number of halogens is 1. The monoisotopic (exact) mass is 378 g/mol. The second-order valence-electron chi connectivity index (χ2n) is 4.39. The summed E-state index contributed by atoms with van der Waals surface area (Å²) in [6.07, 6.45) is 0. The van der Waals surface area contributed by atoms with Gasteiger partial charge in [-0.3, -0.25) is 0 Å². The van der Waals surface area contributed by atoms with Crippen LogP contribution in [0.1, 0.15) is 18.5 Å². The van der Waals surface area contributed by atoms with Crippen LogP contribution < -0.4 is 10.1 Å². The van der Waals surface area contributed by atoms with E-state index in [9.17, 15) is 0 Å². The van der Waals surface area contributed by atoms with Gasteiger partial charge >= 0.3 is 0 Å². The summed E-state index contributed by atoms with van der Waals surface area (Å²) < 4.78 is 6.52. The van der Waals surface area contributed by atoms with E-state index in [1.165, 1.54) is 9.13 Å². The highest BCUT2D eigenvalue weighted by molar-refractivity contribution is 14.1. The minimum atomic E-state index is 0.0656. The first-order valence-corrected chi connectivity index (χ1v) is 7.39. The van der Waals surface area contributed by atoms with Gasteiger partial charge in [0.2, 0.25) is 0 Å². The van der Waals surface area contributed by atoms with Crippen LogP contribution in [0.25, 0.3) is 0 Å². The van der Waals surface area contributed by atoms with Gasteiger partial charge in [0, 0.05) is 21.4 Å². The highest BCUT2D eigenvalue weighted by Crippen LogP contribution is 2.23. The number of nitrogens with one attached hydrogen (secondary N) is 1. The Balaban J connectivity index is 2.05. The summed E-state index contributed by atoms with van der Waals surface area (Å²) in [7, 11) is 0. The van der Waals surface area contributed by atoms with E-state index in [0.29, 0.717) is 5.75 Å². The van der Waals surface area contributed by atoms with Crippen molar-refractivity contribution in [3.05, 3.63) is 57.7 Å². The molecule has 2 aromatic carbocycles. The maximum atomic E-state index is 8.52. The Labute approximate surface area is 132 Å². The molecule has 0 saturated heterocycles. The number of hydrogen-bond donors (Lipinski definition) is 1. The molecule has 0 bridgehead atoms. The van der Waals surface area contributed by atoms with Gasteiger partial charge in [0.1, 0.15) is 11.8 Å². The number of rotatable bonds is 5. The lowest BCUT2D eigenvalue weighted by atomic mass is 10.1. The number of anilines is 1. The van der Waals surface area contributed by atoms with Crippen LogP contribution >= 0.6 is 22.6 Å². The maximum Gasteiger partial charge on any atom is 0.174 e. The summed E-state index contributed by atoms with van der Waals surface area (Å²) in [5.74, 6) is 0.700. The van der Waals surface area contributed by atoms with Crippen LogP contribution in [0, 0.1) is 14.9 Å². The zero-order valence-electron chi connectivity index (χ0n) is 11.1. The zero-order valence-corrected chi connectivity index (χ0v) is 13.3. The van der Waals surface area contributed by atoms with Gasteiger partial charge in [0.25, 0.3) is 0 Å². The molecule has 0 aliphatic carbocycles. The van der Waals surface area contributed by atoms with Gasteiger partial charge in [0.05, 0.1) is 0 Å². The molecule has 0 spiro atoms. The smallest absolute Gasteiger partial charge is 0.174 e. The number of benzene rings is 2. The summed E-state index contributed by atoms with van der Waals surface area (Å²) in [5, 5.41) is 12.0. The molecule has 1 unspecified atom stereocenters. The van der Waals surface area contributed by atoms with E-state index in [1.54, 1.807) is 0 Å². The van der Waals surface area contributed by atoms with Crippen LogP contribution in [-0.2, 0) is 0 Å². The van der Waals surface area contributed by atoms with Crippen molar-refractivity contribution in [3.8, 4) is 11.8 Å². The highest BCUT2D eigenvalue weighted by atomic mass is 127. The Morgan fingerprint density at radius 2 is 2.00 bits per heavy atom. The van der Waals surface area contributed by atoms with Crippen molar-refractivity contribution >= 4 is 28.3 Å². The van der Waals surface area contributed by atoms with Gasteiger partial charge < -0.3 is 10.1 Å². The largest absolute Gasteiger partial charge is 0.479 e. The Kier molecular flexibility index (Phi) is 5.24. The SMILES string of the molecule is CC(Nc1cccc(OCC#N)c1)c1ccc(I)cc1. The van der Waals surface area contributed by atoms with Gasteiger partial charge in [-0.1, -0.05) is 18.2 Å². The molecule has 0 heterocycles. The first kappa shape index (κ1) is 14.7. The van der Waals surface area contributed by atoms with Crippen molar-refractivity contribution in [2.75, 3.05) is 11.9 Å². The van der Waals surface area contributed by atoms with Gasteiger partial charge in [0.15, 0.2) is 6.61 Å². The van der Waals surface area contributed by atoms with E-state index in [-0.39, 0.29) is 12.6 Å². The van der Waals surface area contributed by atoms with Crippen molar-refractivity contribution in [1.29, 1.82) is 5.26 Å². The third-order valence-corrected chi connectivity index (χ3v) is 3.61. The van der Waals surface area contributed by atoms with Crippen molar-refractivity contribution in [2.45, 2.75) is 13.0 Å². The molecule has 2 rings (SSSR count). The minimum Gasteiger partial charge on any atom is -0.479 e. The Morgan fingerprint density at radius 3 is 2.70 bits per heavy atom. The lowest BCUT2D eigenvalue weighted by Crippen LogP contribution is -2.06. The molecule has 20 heavy (non-hydrogen) atoms. The van der Waals surface area contributed by atoms with Crippen molar-refractivity contribution in [1.82, 2.24) is 0 Å². The summed E-state index contributed by atoms with van der Waals surface area (Å²) in [5.41, 5.74) is 2.21. The lowest BCUT2D eigenvalue weighted by molar-refractivity contribution is 0.368. The van der Waals surface area contributed by atoms with Gasteiger partial charge in [-0.15, -0.1) is 0 Å². The summed E-state index contributed by atoms with van der Waals surface area (Å²) in [6, 6.07) is 18.3. The fraction of sp³-hybridized carbons (Fsp3) is 0.188. The average Bonchev–Trinajstić information content (AvgIpc) is 2.46. The first-order chi connectivity index (χ1) is 9.69. The molecule has 0 amide bonds. The van der Waals surface area contributed by atoms with E-state index in [0.717, 1.165) is 5.69 Å². The summed E-state index contributed by atoms with van der Waals surface area (Å²) >= 11 is 2.30. The summed E-state index contributed by atoms with van der Waals surface area (Å²) in [4.78, 5) is 0. The molecule has 0 aliphatic heterocycles. The molecule has 3 nitrogen and oxygen atoms in total. The van der Waals surface area contributed by atoms with Crippen LogP contribution in [-0.4, -0.2) is 6.61 Å². The molecule has 1 N–H and O–H groups in total. The normalized spacial score (nSPS) is 11.4. The minimum absolute atomic E-state index is 0.0656. The maximum absolute atomic E-state index is 8.52. The molecular formula is C16H15IN2O. The van der Waals surface area contributed by atoms with Crippen molar-refractivity contribution in [3.63, 3.8) is 0 Å². The van der Waals surface area contributed by atoms with Crippen molar-refractivity contribution in [2.24, 2.45) is 0 Å². The van der Waals surface area contributed by atoms with Crippen molar-refractivity contribution < 1.29 is 4.74 Å². The molecule has 1 atom stereocenters. The van der Waals surface area contributed by atoms with Gasteiger partial charge in [-0.2, -0.15) is 5.26 Å². The molecule has 4 heteroatoms. The van der Waals surface area contributed by atoms with E-state index < -0.39 is 0 Å². The van der Waals surface area contributed by atoms with Gasteiger partial charge in [-0.05, 0) is 59.3 Å². The van der Waals surface area contributed by atoms with E-state index in [2.05, 4.69) is 59.1 Å². The Morgan fingerprint density at radius 1 is 1.25 bits per heavy atom. The zero-order chi connectivity index (χ0) is 14.4. The van der Waals surface area contributed by atoms with E-state index in [4.69, 9.17) is 10.00 Å². The Hall–Kier alpha value is -1.74. The first-order valence-electron chi connectivity index (χ1n) is 6.31. The Bertz CT molecular complexity index is 605. The predicted octanol–water partition coefficient (Wildman–Crippen LogP) is 4.37. The molecule has 0 aliphatic rings. The van der Waals surface area contributed by atoms with E-state index >= 15 is 0 Å². The number of nitriles is 1. The van der Waals surface area contributed by atoms with Crippen LogP contribution in [0.15, 0.2) is 48.5 Å². The average molecular weight is 378 g/mol. The molecule has 0 saturated carbocycles. The molecule has 0 radical (unpaired) electrons. The second kappa shape index (κ2) is 7.15. The molecule has 2 aromatic rings. The number of nitrogens with zero attached hydrogens (tertiary/aromatic N) is 1. The van der Waals surface area contributed by atoms with Crippen LogP contribution in [0.2, 0.25) is 0 Å². The standard InChI is InChI=1S/C16H15IN2O/c1-12(13-5-7-14(17)8-6-13)19-15-3-2-4-16(11-15)20-10-9-18/h2-8,11-12,19H,10H2,1H3. The fourth-order valence-electron chi connectivity index (χ4n) is 1.88. The molecule has 102 valence electrons. The third kappa shape index (κ3) is 4.14. The van der Waals surface area contributed by atoms with Crippen LogP contribution in [0.4, 0.5) is 5.69 Å². The number of ether oxygens (including phenoxy) is 1.